The standard InChI is InChI=1S/C20H33N/c1-17(2)16-19-8-6-18(7-9-19)10-13-20(14-15-21)11-4-3-5-12-20/h6-9,17H,3-5,10-16,21H2,1-2H3. The second-order valence-electron chi connectivity index (χ2n) is 7.51. The Bertz CT molecular complexity index is 393. The van der Waals surface area contributed by atoms with Crippen molar-refractivity contribution in [3.8, 4) is 0 Å². The van der Waals surface area contributed by atoms with E-state index in [1.54, 1.807) is 0 Å². The number of nitrogens with two attached hydrogens (primary N) is 1. The first-order chi connectivity index (χ1) is 10.1. The highest BCUT2D eigenvalue weighted by Crippen LogP contribution is 2.42. The first kappa shape index (κ1) is 16.5. The molecule has 1 aromatic carbocycles. The molecule has 0 unspecified atom stereocenters. The van der Waals surface area contributed by atoms with Crippen molar-refractivity contribution >= 4 is 0 Å². The molecule has 0 aromatic heterocycles. The van der Waals surface area contributed by atoms with E-state index in [4.69, 9.17) is 5.73 Å². The van der Waals surface area contributed by atoms with Crippen LogP contribution < -0.4 is 5.73 Å². The summed E-state index contributed by atoms with van der Waals surface area (Å²) in [6.07, 6.45) is 12.0. The minimum atomic E-state index is 0.545. The lowest BCUT2D eigenvalue weighted by atomic mass is 9.68. The van der Waals surface area contributed by atoms with Gasteiger partial charge in [-0.1, -0.05) is 57.4 Å². The van der Waals surface area contributed by atoms with E-state index >= 15 is 0 Å². The van der Waals surface area contributed by atoms with Crippen molar-refractivity contribution in [3.05, 3.63) is 35.4 Å². The van der Waals surface area contributed by atoms with Crippen LogP contribution in [0.1, 0.15) is 69.9 Å². The molecule has 0 atom stereocenters. The third-order valence-electron chi connectivity index (χ3n) is 5.20. The van der Waals surface area contributed by atoms with Crippen molar-refractivity contribution in [3.63, 3.8) is 0 Å². The van der Waals surface area contributed by atoms with Gasteiger partial charge in [0, 0.05) is 0 Å². The zero-order chi connectivity index (χ0) is 15.1. The van der Waals surface area contributed by atoms with Crippen molar-refractivity contribution in [1.82, 2.24) is 0 Å². The zero-order valence-electron chi connectivity index (χ0n) is 14.0. The molecule has 0 aliphatic heterocycles. The summed E-state index contributed by atoms with van der Waals surface area (Å²) < 4.78 is 0. The van der Waals surface area contributed by atoms with Crippen LogP contribution in [0.3, 0.4) is 0 Å². The SMILES string of the molecule is CC(C)Cc1ccc(CCC2(CCN)CCCCC2)cc1. The fourth-order valence-electron chi connectivity index (χ4n) is 3.96. The Morgan fingerprint density at radius 2 is 1.57 bits per heavy atom. The van der Waals surface area contributed by atoms with Crippen molar-refractivity contribution in [2.45, 2.75) is 71.6 Å². The van der Waals surface area contributed by atoms with Crippen LogP contribution in [0.4, 0.5) is 0 Å². The summed E-state index contributed by atoms with van der Waals surface area (Å²) in [7, 11) is 0. The Balaban J connectivity index is 1.91. The summed E-state index contributed by atoms with van der Waals surface area (Å²) in [5.41, 5.74) is 9.40. The number of aryl methyl sites for hydroxylation is 1. The minimum Gasteiger partial charge on any atom is -0.330 e. The molecule has 0 bridgehead atoms. The van der Waals surface area contributed by atoms with Crippen LogP contribution in [-0.2, 0) is 12.8 Å². The van der Waals surface area contributed by atoms with Crippen LogP contribution in [0, 0.1) is 11.3 Å². The van der Waals surface area contributed by atoms with Gasteiger partial charge in [-0.05, 0) is 67.5 Å². The van der Waals surface area contributed by atoms with E-state index < -0.39 is 0 Å². The third kappa shape index (κ3) is 5.14. The zero-order valence-corrected chi connectivity index (χ0v) is 14.0. The van der Waals surface area contributed by atoms with Crippen LogP contribution in [0.25, 0.3) is 0 Å². The van der Waals surface area contributed by atoms with Crippen molar-refractivity contribution < 1.29 is 0 Å². The Labute approximate surface area is 131 Å². The summed E-state index contributed by atoms with van der Waals surface area (Å²) in [6.45, 7) is 5.43. The normalized spacial score (nSPS) is 18.1. The Morgan fingerprint density at radius 1 is 0.952 bits per heavy atom. The van der Waals surface area contributed by atoms with Crippen LogP contribution in [0.5, 0.6) is 0 Å². The quantitative estimate of drug-likeness (QED) is 0.740. The largest absolute Gasteiger partial charge is 0.330 e. The maximum Gasteiger partial charge on any atom is -0.00720 e. The highest BCUT2D eigenvalue weighted by Gasteiger charge is 2.30. The first-order valence-corrected chi connectivity index (χ1v) is 8.91. The average molecular weight is 287 g/mol. The average Bonchev–Trinajstić information content (AvgIpc) is 2.47. The highest BCUT2D eigenvalue weighted by molar-refractivity contribution is 5.23. The van der Waals surface area contributed by atoms with E-state index in [2.05, 4.69) is 38.1 Å². The maximum absolute atomic E-state index is 5.88. The van der Waals surface area contributed by atoms with Gasteiger partial charge in [-0.2, -0.15) is 0 Å². The Hall–Kier alpha value is -0.820. The molecule has 1 aliphatic carbocycles. The molecule has 2 rings (SSSR count). The molecule has 1 aromatic rings. The van der Waals surface area contributed by atoms with Gasteiger partial charge < -0.3 is 5.73 Å². The van der Waals surface area contributed by atoms with Crippen LogP contribution in [0.2, 0.25) is 0 Å². The lowest BCUT2D eigenvalue weighted by molar-refractivity contribution is 0.161. The second kappa shape index (κ2) is 7.98. The maximum atomic E-state index is 5.88. The molecule has 0 heterocycles. The van der Waals surface area contributed by atoms with Gasteiger partial charge in [0.2, 0.25) is 0 Å². The molecule has 1 fully saturated rings. The minimum absolute atomic E-state index is 0.545. The first-order valence-electron chi connectivity index (χ1n) is 8.91. The van der Waals surface area contributed by atoms with Crippen LogP contribution in [0.15, 0.2) is 24.3 Å². The van der Waals surface area contributed by atoms with Gasteiger partial charge >= 0.3 is 0 Å². The molecule has 0 saturated heterocycles. The smallest absolute Gasteiger partial charge is 0.00720 e. The lowest BCUT2D eigenvalue weighted by Crippen LogP contribution is -2.28. The molecule has 0 amide bonds. The van der Waals surface area contributed by atoms with E-state index in [9.17, 15) is 0 Å². The Morgan fingerprint density at radius 3 is 2.14 bits per heavy atom. The van der Waals surface area contributed by atoms with E-state index in [-0.39, 0.29) is 0 Å². The van der Waals surface area contributed by atoms with Gasteiger partial charge in [-0.15, -0.1) is 0 Å². The van der Waals surface area contributed by atoms with Crippen LogP contribution in [-0.4, -0.2) is 6.54 Å². The predicted octanol–water partition coefficient (Wildman–Crippen LogP) is 5.12. The van der Waals surface area contributed by atoms with Crippen molar-refractivity contribution in [2.24, 2.45) is 17.1 Å². The second-order valence-corrected chi connectivity index (χ2v) is 7.51. The number of benzene rings is 1. The van der Waals surface area contributed by atoms with E-state index in [0.29, 0.717) is 5.41 Å². The summed E-state index contributed by atoms with van der Waals surface area (Å²) >= 11 is 0. The summed E-state index contributed by atoms with van der Waals surface area (Å²) in [6, 6.07) is 9.34. The molecule has 0 spiro atoms. The molecule has 2 N–H and O–H groups in total. The molecule has 21 heavy (non-hydrogen) atoms. The van der Waals surface area contributed by atoms with Crippen molar-refractivity contribution in [1.29, 1.82) is 0 Å². The van der Waals surface area contributed by atoms with Crippen molar-refractivity contribution in [2.75, 3.05) is 6.54 Å². The van der Waals surface area contributed by atoms with Gasteiger partial charge in [-0.25, -0.2) is 0 Å². The predicted molar refractivity (Wildman–Crippen MR) is 92.5 cm³/mol. The molecule has 1 aliphatic rings. The third-order valence-corrected chi connectivity index (χ3v) is 5.20. The molecular formula is C20H33N. The molecule has 118 valence electrons. The van der Waals surface area contributed by atoms with Gasteiger partial charge in [0.05, 0.1) is 0 Å². The Kier molecular flexibility index (Phi) is 6.29. The van der Waals surface area contributed by atoms with E-state index in [1.807, 2.05) is 0 Å². The fourth-order valence-corrected chi connectivity index (χ4v) is 3.96. The summed E-state index contributed by atoms with van der Waals surface area (Å²) in [5, 5.41) is 0. The molecule has 1 nitrogen and oxygen atoms in total. The summed E-state index contributed by atoms with van der Waals surface area (Å²) in [4.78, 5) is 0. The lowest BCUT2D eigenvalue weighted by Gasteiger charge is -2.37. The van der Waals surface area contributed by atoms with Gasteiger partial charge in [-0.3, -0.25) is 0 Å². The monoisotopic (exact) mass is 287 g/mol. The van der Waals surface area contributed by atoms with Gasteiger partial charge in [0.25, 0.3) is 0 Å². The van der Waals surface area contributed by atoms with E-state index in [0.717, 1.165) is 12.5 Å². The number of hydrogen-bond donors (Lipinski definition) is 1. The number of hydrogen-bond acceptors (Lipinski definition) is 1. The van der Waals surface area contributed by atoms with Crippen LogP contribution >= 0.6 is 0 Å². The number of rotatable bonds is 7. The van der Waals surface area contributed by atoms with E-state index in [1.165, 1.54) is 68.9 Å². The highest BCUT2D eigenvalue weighted by atomic mass is 14.5. The molecular weight excluding hydrogens is 254 g/mol. The molecule has 1 saturated carbocycles. The fraction of sp³-hybridized carbons (Fsp3) is 0.700. The van der Waals surface area contributed by atoms with Gasteiger partial charge in [0.15, 0.2) is 0 Å². The topological polar surface area (TPSA) is 26.0 Å². The summed E-state index contributed by atoms with van der Waals surface area (Å²) in [5.74, 6) is 0.742. The molecule has 0 radical (unpaired) electrons. The molecule has 1 heteroatoms. The van der Waals surface area contributed by atoms with Gasteiger partial charge in [0.1, 0.15) is 0 Å².